The number of hydrogen-bond donors (Lipinski definition) is 0. The lowest BCUT2D eigenvalue weighted by molar-refractivity contribution is -0.130. The van der Waals surface area contributed by atoms with E-state index in [0.717, 1.165) is 33.9 Å². The van der Waals surface area contributed by atoms with E-state index >= 15 is 0 Å². The summed E-state index contributed by atoms with van der Waals surface area (Å²) >= 11 is 0. The van der Waals surface area contributed by atoms with Gasteiger partial charge in [0.05, 0.1) is 0 Å². The first-order valence-electron chi connectivity index (χ1n) is 10.4. The van der Waals surface area contributed by atoms with Gasteiger partial charge < -0.3 is 9.47 Å². The van der Waals surface area contributed by atoms with Crippen molar-refractivity contribution in [1.29, 1.82) is 0 Å². The lowest BCUT2D eigenvalue weighted by Crippen LogP contribution is -2.08. The van der Waals surface area contributed by atoms with Crippen molar-refractivity contribution in [2.45, 2.75) is 13.8 Å². The summed E-state index contributed by atoms with van der Waals surface area (Å²) in [5.41, 5.74) is 4.62. The van der Waals surface area contributed by atoms with Gasteiger partial charge in [-0.15, -0.1) is 0 Å². The van der Waals surface area contributed by atoms with Crippen molar-refractivity contribution in [3.05, 3.63) is 119 Å². The van der Waals surface area contributed by atoms with Crippen LogP contribution in [0.15, 0.2) is 91.5 Å². The van der Waals surface area contributed by atoms with E-state index in [1.165, 1.54) is 0 Å². The van der Waals surface area contributed by atoms with Crippen LogP contribution in [0.4, 0.5) is 0 Å². The van der Waals surface area contributed by atoms with Gasteiger partial charge in [-0.2, -0.15) is 0 Å². The van der Waals surface area contributed by atoms with Crippen LogP contribution in [0.2, 0.25) is 0 Å². The Morgan fingerprint density at radius 3 is 1.76 bits per heavy atom. The van der Waals surface area contributed by atoms with Crippen molar-refractivity contribution >= 4 is 11.9 Å². The maximum Gasteiger partial charge on any atom is 0.338 e. The van der Waals surface area contributed by atoms with Crippen LogP contribution in [0.25, 0.3) is 0 Å². The summed E-state index contributed by atoms with van der Waals surface area (Å²) in [4.78, 5) is 22.9. The van der Waals surface area contributed by atoms with Gasteiger partial charge in [0.2, 0.25) is 0 Å². The highest BCUT2D eigenvalue weighted by atomic mass is 16.5. The lowest BCUT2D eigenvalue weighted by atomic mass is 10.1. The fourth-order valence-electron chi connectivity index (χ4n) is 2.72. The molecule has 0 aliphatic heterocycles. The van der Waals surface area contributed by atoms with E-state index in [2.05, 4.69) is 36.8 Å². The summed E-state index contributed by atoms with van der Waals surface area (Å²) in [5, 5.41) is 0. The average Bonchev–Trinajstić information content (AvgIpc) is 2.83. The largest absolute Gasteiger partial charge is 0.423 e. The summed E-state index contributed by atoms with van der Waals surface area (Å²) < 4.78 is 10.3. The van der Waals surface area contributed by atoms with E-state index in [0.29, 0.717) is 17.1 Å². The topological polar surface area (TPSA) is 52.6 Å². The minimum atomic E-state index is -0.502. The quantitative estimate of drug-likeness (QED) is 0.234. The van der Waals surface area contributed by atoms with Gasteiger partial charge >= 0.3 is 11.9 Å². The number of ether oxygens (including phenoxy) is 2. The Hall–Kier alpha value is -4.80. The lowest BCUT2D eigenvalue weighted by Gasteiger charge is -2.05. The monoisotopic (exact) mass is 446 g/mol. The summed E-state index contributed by atoms with van der Waals surface area (Å²) in [6.07, 6.45) is 1.11. The normalized spacial score (nSPS) is 9.47. The number of hydrogen-bond acceptors (Lipinski definition) is 4. The second-order valence-corrected chi connectivity index (χ2v) is 7.37. The van der Waals surface area contributed by atoms with Crippen LogP contribution >= 0.6 is 0 Å². The molecule has 0 spiro atoms. The second kappa shape index (κ2) is 11.2. The van der Waals surface area contributed by atoms with E-state index in [1.54, 1.807) is 43.3 Å². The van der Waals surface area contributed by atoms with Crippen LogP contribution in [0.1, 0.15) is 34.7 Å². The van der Waals surface area contributed by atoms with Crippen molar-refractivity contribution < 1.29 is 19.1 Å². The zero-order valence-corrected chi connectivity index (χ0v) is 19.0. The highest BCUT2D eigenvalue weighted by Crippen LogP contribution is 2.18. The molecule has 0 atom stereocenters. The minimum Gasteiger partial charge on any atom is -0.423 e. The molecule has 0 aliphatic carbocycles. The molecule has 0 unspecified atom stereocenters. The third-order valence-electron chi connectivity index (χ3n) is 4.57. The SMILES string of the molecule is C=CC(=O)Oc1ccc(C#Cc2ccc(C#Cc3ccc(OC(=O)C(=C)C)cc3C)cc2)cc1. The molecule has 0 radical (unpaired) electrons. The molecule has 3 rings (SSSR count). The van der Waals surface area contributed by atoms with E-state index < -0.39 is 11.9 Å². The zero-order valence-electron chi connectivity index (χ0n) is 19.0. The smallest absolute Gasteiger partial charge is 0.338 e. The van der Waals surface area contributed by atoms with Crippen molar-refractivity contribution in [2.75, 3.05) is 0 Å². The molecule has 0 amide bonds. The maximum absolute atomic E-state index is 11.7. The maximum atomic E-state index is 11.7. The third-order valence-corrected chi connectivity index (χ3v) is 4.57. The van der Waals surface area contributed by atoms with Gasteiger partial charge in [0.1, 0.15) is 11.5 Å². The van der Waals surface area contributed by atoms with Crippen molar-refractivity contribution in [2.24, 2.45) is 0 Å². The Labute approximate surface area is 199 Å². The molecule has 166 valence electrons. The molecular weight excluding hydrogens is 424 g/mol. The number of benzene rings is 3. The molecule has 0 fully saturated rings. The highest BCUT2D eigenvalue weighted by molar-refractivity contribution is 5.88. The molecular formula is C30H22O4. The van der Waals surface area contributed by atoms with E-state index in [4.69, 9.17) is 9.47 Å². The molecule has 0 aliphatic rings. The number of carbonyl (C=O) groups excluding carboxylic acids is 2. The average molecular weight is 447 g/mol. The number of rotatable bonds is 4. The van der Waals surface area contributed by atoms with Gasteiger partial charge in [0, 0.05) is 33.9 Å². The molecule has 0 saturated heterocycles. The Morgan fingerprint density at radius 1 is 0.765 bits per heavy atom. The number of carbonyl (C=O) groups is 2. The standard InChI is InChI=1S/C30H22O4/c1-5-29(31)33-27-17-13-25(14-18-27)11-8-23-6-9-24(10-7-23)12-15-26-16-19-28(20-22(26)4)34-30(32)21(2)3/h5-7,9-10,13-14,16-20H,1-2H2,3-4H3. The van der Waals surface area contributed by atoms with Gasteiger partial charge in [0.25, 0.3) is 0 Å². The molecule has 4 nitrogen and oxygen atoms in total. The Balaban J connectivity index is 1.65. The Morgan fingerprint density at radius 2 is 1.26 bits per heavy atom. The first-order valence-corrected chi connectivity index (χ1v) is 10.4. The molecule has 0 bridgehead atoms. The van der Waals surface area contributed by atoms with Gasteiger partial charge in [-0.25, -0.2) is 9.59 Å². The van der Waals surface area contributed by atoms with Crippen molar-refractivity contribution in [3.8, 4) is 35.2 Å². The van der Waals surface area contributed by atoms with E-state index in [-0.39, 0.29) is 0 Å². The fraction of sp³-hybridized carbons (Fsp3) is 0.0667. The van der Waals surface area contributed by atoms with Crippen LogP contribution in [0.3, 0.4) is 0 Å². The minimum absolute atomic E-state index is 0.346. The van der Waals surface area contributed by atoms with Gasteiger partial charge in [-0.05, 0) is 86.1 Å². The second-order valence-electron chi connectivity index (χ2n) is 7.37. The highest BCUT2D eigenvalue weighted by Gasteiger charge is 2.06. The van der Waals surface area contributed by atoms with Gasteiger partial charge in [-0.3, -0.25) is 0 Å². The summed E-state index contributed by atoms with van der Waals surface area (Å²) in [6.45, 7) is 10.5. The predicted octanol–water partition coefficient (Wildman–Crippen LogP) is 5.37. The van der Waals surface area contributed by atoms with Crippen molar-refractivity contribution in [1.82, 2.24) is 0 Å². The molecule has 0 N–H and O–H groups in total. The number of aryl methyl sites for hydroxylation is 1. The summed E-state index contributed by atoms with van der Waals surface area (Å²) in [6, 6.07) is 19.9. The van der Waals surface area contributed by atoms with Crippen LogP contribution in [0, 0.1) is 30.6 Å². The third kappa shape index (κ3) is 6.85. The number of esters is 2. The molecule has 34 heavy (non-hydrogen) atoms. The van der Waals surface area contributed by atoms with E-state index in [9.17, 15) is 9.59 Å². The van der Waals surface area contributed by atoms with Crippen LogP contribution in [0.5, 0.6) is 11.5 Å². The molecule has 3 aromatic rings. The van der Waals surface area contributed by atoms with Gasteiger partial charge in [-0.1, -0.05) is 36.8 Å². The predicted molar refractivity (Wildman–Crippen MR) is 132 cm³/mol. The van der Waals surface area contributed by atoms with E-state index in [1.807, 2.05) is 37.3 Å². The van der Waals surface area contributed by atoms with Crippen LogP contribution in [-0.2, 0) is 9.59 Å². The molecule has 0 heterocycles. The summed E-state index contributed by atoms with van der Waals surface area (Å²) in [5.74, 6) is 12.4. The van der Waals surface area contributed by atoms with Crippen LogP contribution in [-0.4, -0.2) is 11.9 Å². The molecule has 0 aromatic heterocycles. The van der Waals surface area contributed by atoms with Crippen molar-refractivity contribution in [3.63, 3.8) is 0 Å². The molecule has 4 heteroatoms. The molecule has 3 aromatic carbocycles. The van der Waals surface area contributed by atoms with Gasteiger partial charge in [0.15, 0.2) is 0 Å². The first kappa shape index (κ1) is 23.9. The Kier molecular flexibility index (Phi) is 7.84. The molecule has 0 saturated carbocycles. The van der Waals surface area contributed by atoms with Crippen LogP contribution < -0.4 is 9.47 Å². The Bertz CT molecular complexity index is 1370. The fourth-order valence-corrected chi connectivity index (χ4v) is 2.72. The first-order chi connectivity index (χ1) is 16.3. The zero-order chi connectivity index (χ0) is 24.5. The summed E-state index contributed by atoms with van der Waals surface area (Å²) in [7, 11) is 0.